The van der Waals surface area contributed by atoms with E-state index in [2.05, 4.69) is 34.3 Å². The van der Waals surface area contributed by atoms with Gasteiger partial charge in [-0.2, -0.15) is 0 Å². The van der Waals surface area contributed by atoms with E-state index in [1.54, 1.807) is 6.07 Å². The van der Waals surface area contributed by atoms with Gasteiger partial charge in [-0.15, -0.1) is 0 Å². The Balaban J connectivity index is 1.34. The van der Waals surface area contributed by atoms with Gasteiger partial charge in [-0.3, -0.25) is 4.72 Å². The molecule has 0 radical (unpaired) electrons. The van der Waals surface area contributed by atoms with Crippen LogP contribution in [0.3, 0.4) is 0 Å². The van der Waals surface area contributed by atoms with E-state index < -0.39 is 16.1 Å². The largest absolute Gasteiger partial charge is 0.506 e. The number of benzene rings is 3. The summed E-state index contributed by atoms with van der Waals surface area (Å²) in [5.74, 6) is 0.668. The summed E-state index contributed by atoms with van der Waals surface area (Å²) in [5.41, 5.74) is 3.07. The third kappa shape index (κ3) is 9.60. The van der Waals surface area contributed by atoms with Gasteiger partial charge in [-0.05, 0) is 73.2 Å². The fourth-order valence-corrected chi connectivity index (χ4v) is 4.21. The van der Waals surface area contributed by atoms with E-state index in [-0.39, 0.29) is 11.4 Å². The molecule has 0 aliphatic rings. The number of hydrogen-bond acceptors (Lipinski definition) is 6. The van der Waals surface area contributed by atoms with Crippen LogP contribution in [0.5, 0.6) is 11.5 Å². The lowest BCUT2D eigenvalue weighted by Crippen LogP contribution is -2.23. The normalized spacial score (nSPS) is 12.3. The second-order valence-corrected chi connectivity index (χ2v) is 10.3. The standard InChI is InChI=1S/C27H34N2O5S/c1-35(32,33)29-25-19-23(12-15-26(25)30)27(31)20-28-17-16-22-10-13-24(14-11-22)34-18-6-5-9-21-7-3-2-4-8-21/h2-4,7-8,10-15,19,27-31H,5-6,9,16-18,20H2,1H3/t27-/m0/s1. The SMILES string of the molecule is CS(=O)(=O)Nc1cc([C@@H](O)CNCCc2ccc(OCCCCc3ccccc3)cc2)ccc1O. The lowest BCUT2D eigenvalue weighted by Gasteiger charge is -2.15. The summed E-state index contributed by atoms with van der Waals surface area (Å²) in [6, 6.07) is 22.9. The molecule has 7 nitrogen and oxygen atoms in total. The Morgan fingerprint density at radius 3 is 2.34 bits per heavy atom. The second kappa shape index (κ2) is 13.1. The molecule has 4 N–H and O–H groups in total. The summed E-state index contributed by atoms with van der Waals surface area (Å²) in [4.78, 5) is 0. The Morgan fingerprint density at radius 1 is 0.914 bits per heavy atom. The quantitative estimate of drug-likeness (QED) is 0.197. The third-order valence-corrected chi connectivity index (χ3v) is 6.11. The number of unbranched alkanes of at least 4 members (excludes halogenated alkanes) is 1. The van der Waals surface area contributed by atoms with Gasteiger partial charge in [0.1, 0.15) is 11.5 Å². The number of nitrogens with one attached hydrogen (secondary N) is 2. The summed E-state index contributed by atoms with van der Waals surface area (Å²) in [7, 11) is -3.53. The summed E-state index contributed by atoms with van der Waals surface area (Å²) >= 11 is 0. The van der Waals surface area contributed by atoms with Crippen molar-refractivity contribution in [3.63, 3.8) is 0 Å². The topological polar surface area (TPSA) is 108 Å². The highest BCUT2D eigenvalue weighted by atomic mass is 32.2. The van der Waals surface area contributed by atoms with Gasteiger partial charge in [0.15, 0.2) is 0 Å². The van der Waals surface area contributed by atoms with Crippen LogP contribution < -0.4 is 14.8 Å². The van der Waals surface area contributed by atoms with Crippen molar-refractivity contribution >= 4 is 15.7 Å². The van der Waals surface area contributed by atoms with Crippen molar-refractivity contribution in [3.05, 3.63) is 89.5 Å². The fraction of sp³-hybridized carbons (Fsp3) is 0.333. The van der Waals surface area contributed by atoms with Crippen molar-refractivity contribution < 1.29 is 23.4 Å². The maximum absolute atomic E-state index is 11.4. The maximum atomic E-state index is 11.4. The minimum atomic E-state index is -3.53. The van der Waals surface area contributed by atoms with Gasteiger partial charge in [0.25, 0.3) is 0 Å². The van der Waals surface area contributed by atoms with E-state index in [9.17, 15) is 18.6 Å². The first kappa shape index (κ1) is 26.5. The molecule has 0 aliphatic carbocycles. The first-order valence-electron chi connectivity index (χ1n) is 11.8. The predicted molar refractivity (Wildman–Crippen MR) is 139 cm³/mol. The Morgan fingerprint density at radius 2 is 1.63 bits per heavy atom. The first-order chi connectivity index (χ1) is 16.8. The highest BCUT2D eigenvalue weighted by Crippen LogP contribution is 2.27. The van der Waals surface area contributed by atoms with E-state index >= 15 is 0 Å². The van der Waals surface area contributed by atoms with Gasteiger partial charge in [0.2, 0.25) is 10.0 Å². The monoisotopic (exact) mass is 498 g/mol. The van der Waals surface area contributed by atoms with Crippen LogP contribution in [0.4, 0.5) is 5.69 Å². The Labute approximate surface area is 207 Å². The molecule has 3 rings (SSSR count). The van der Waals surface area contributed by atoms with Crippen LogP contribution in [0.1, 0.15) is 35.6 Å². The average molecular weight is 499 g/mol. The van der Waals surface area contributed by atoms with Crippen LogP contribution >= 0.6 is 0 Å². The van der Waals surface area contributed by atoms with Crippen LogP contribution in [-0.4, -0.2) is 44.6 Å². The molecule has 0 saturated carbocycles. The smallest absolute Gasteiger partial charge is 0.229 e. The molecule has 0 saturated heterocycles. The molecule has 0 heterocycles. The zero-order valence-electron chi connectivity index (χ0n) is 20.0. The summed E-state index contributed by atoms with van der Waals surface area (Å²) in [6.45, 7) is 1.67. The van der Waals surface area contributed by atoms with Crippen molar-refractivity contribution in [1.29, 1.82) is 0 Å². The van der Waals surface area contributed by atoms with Gasteiger partial charge in [-0.25, -0.2) is 8.42 Å². The summed E-state index contributed by atoms with van der Waals surface area (Å²) in [5, 5.41) is 23.4. The summed E-state index contributed by atoms with van der Waals surface area (Å²) in [6.07, 6.45) is 4.13. The number of phenolic OH excluding ortho intramolecular Hbond substituents is 1. The summed E-state index contributed by atoms with van der Waals surface area (Å²) < 4.78 is 30.9. The highest BCUT2D eigenvalue weighted by molar-refractivity contribution is 7.92. The average Bonchev–Trinajstić information content (AvgIpc) is 2.83. The predicted octanol–water partition coefficient (Wildman–Crippen LogP) is 4.03. The third-order valence-electron chi connectivity index (χ3n) is 5.52. The van der Waals surface area contributed by atoms with Crippen LogP contribution in [0, 0.1) is 0 Å². The van der Waals surface area contributed by atoms with E-state index in [1.807, 2.05) is 30.3 Å². The molecule has 0 amide bonds. The molecule has 0 aromatic heterocycles. The van der Waals surface area contributed by atoms with Crippen LogP contribution in [0.2, 0.25) is 0 Å². The number of aromatic hydroxyl groups is 1. The van der Waals surface area contributed by atoms with Gasteiger partial charge in [0.05, 0.1) is 24.7 Å². The molecule has 0 aliphatic heterocycles. The minimum Gasteiger partial charge on any atom is -0.506 e. The van der Waals surface area contributed by atoms with Crippen LogP contribution in [0.25, 0.3) is 0 Å². The highest BCUT2D eigenvalue weighted by Gasteiger charge is 2.12. The molecule has 3 aromatic carbocycles. The molecule has 0 bridgehead atoms. The Kier molecular flexibility index (Phi) is 9.96. The van der Waals surface area contributed by atoms with Crippen molar-refractivity contribution in [2.45, 2.75) is 31.8 Å². The number of aryl methyl sites for hydroxylation is 1. The lowest BCUT2D eigenvalue weighted by atomic mass is 10.1. The van der Waals surface area contributed by atoms with Crippen molar-refractivity contribution in [2.24, 2.45) is 0 Å². The van der Waals surface area contributed by atoms with Gasteiger partial charge in [0, 0.05) is 6.54 Å². The zero-order chi connectivity index (χ0) is 25.1. The van der Waals surface area contributed by atoms with E-state index in [0.29, 0.717) is 25.3 Å². The molecular weight excluding hydrogens is 464 g/mol. The number of sulfonamides is 1. The van der Waals surface area contributed by atoms with Crippen molar-refractivity contribution in [2.75, 3.05) is 30.7 Å². The molecule has 8 heteroatoms. The number of ether oxygens (including phenoxy) is 1. The molecular formula is C27H34N2O5S. The van der Waals surface area contributed by atoms with E-state index in [1.165, 1.54) is 17.7 Å². The number of anilines is 1. The minimum absolute atomic E-state index is 0.0440. The second-order valence-electron chi connectivity index (χ2n) is 8.56. The lowest BCUT2D eigenvalue weighted by molar-refractivity contribution is 0.175. The Bertz CT molecular complexity index is 1150. The molecule has 1 atom stereocenters. The van der Waals surface area contributed by atoms with Gasteiger partial charge >= 0.3 is 0 Å². The fourth-order valence-electron chi connectivity index (χ4n) is 3.65. The van der Waals surface area contributed by atoms with Gasteiger partial charge < -0.3 is 20.3 Å². The van der Waals surface area contributed by atoms with Crippen molar-refractivity contribution in [1.82, 2.24) is 5.32 Å². The molecule has 3 aromatic rings. The number of aliphatic hydroxyl groups is 1. The first-order valence-corrected chi connectivity index (χ1v) is 13.6. The number of hydrogen-bond donors (Lipinski definition) is 4. The molecule has 188 valence electrons. The molecule has 0 unspecified atom stereocenters. The Hall–Kier alpha value is -3.07. The molecule has 0 fully saturated rings. The van der Waals surface area contributed by atoms with Crippen molar-refractivity contribution in [3.8, 4) is 11.5 Å². The molecule has 0 spiro atoms. The molecule has 35 heavy (non-hydrogen) atoms. The number of phenols is 1. The van der Waals surface area contributed by atoms with Crippen LogP contribution in [0.15, 0.2) is 72.8 Å². The number of rotatable bonds is 14. The van der Waals surface area contributed by atoms with Crippen LogP contribution in [-0.2, 0) is 22.9 Å². The van der Waals surface area contributed by atoms with E-state index in [4.69, 9.17) is 4.74 Å². The zero-order valence-corrected chi connectivity index (χ0v) is 20.8. The number of aliphatic hydroxyl groups excluding tert-OH is 1. The maximum Gasteiger partial charge on any atom is 0.229 e. The van der Waals surface area contributed by atoms with Gasteiger partial charge in [-0.1, -0.05) is 48.5 Å². The van der Waals surface area contributed by atoms with E-state index in [0.717, 1.165) is 43.3 Å².